The van der Waals surface area contributed by atoms with E-state index < -0.39 is 0 Å². The minimum absolute atomic E-state index is 0.0444. The second kappa shape index (κ2) is 6.93. The Morgan fingerprint density at radius 3 is 2.73 bits per heavy atom. The Balaban J connectivity index is 1.71. The molecule has 1 fully saturated rings. The summed E-state index contributed by atoms with van der Waals surface area (Å²) in [7, 11) is 0. The molecule has 116 valence electrons. The Hall–Kier alpha value is -1.86. The van der Waals surface area contributed by atoms with Gasteiger partial charge in [0.25, 0.3) is 0 Å². The third-order valence-corrected chi connectivity index (χ3v) is 4.73. The number of para-hydroxylation sites is 1. The maximum atomic E-state index is 12.5. The number of amides is 1. The van der Waals surface area contributed by atoms with Crippen LogP contribution in [0.1, 0.15) is 6.92 Å². The fraction of sp³-hybridized carbons (Fsp3) is 0.400. The number of aromatic nitrogens is 3. The zero-order valence-electron chi connectivity index (χ0n) is 12.5. The fourth-order valence-electron chi connectivity index (χ4n) is 2.44. The van der Waals surface area contributed by atoms with E-state index in [9.17, 15) is 4.79 Å². The average molecular weight is 317 g/mol. The first-order valence-corrected chi connectivity index (χ1v) is 8.49. The van der Waals surface area contributed by atoms with E-state index in [1.807, 2.05) is 49.0 Å². The lowest BCUT2D eigenvalue weighted by atomic mass is 10.2. The van der Waals surface area contributed by atoms with Crippen LogP contribution in [0.3, 0.4) is 0 Å². The van der Waals surface area contributed by atoms with Crippen molar-refractivity contribution in [3.63, 3.8) is 0 Å². The molecular weight excluding hydrogens is 298 g/mol. The van der Waals surface area contributed by atoms with Crippen molar-refractivity contribution < 1.29 is 4.79 Å². The van der Waals surface area contributed by atoms with Crippen molar-refractivity contribution in [2.45, 2.75) is 13.0 Å². The van der Waals surface area contributed by atoms with Crippen molar-refractivity contribution in [1.29, 1.82) is 0 Å². The van der Waals surface area contributed by atoms with Gasteiger partial charge in [-0.2, -0.15) is 11.8 Å². The summed E-state index contributed by atoms with van der Waals surface area (Å²) in [6.07, 6.45) is 1.60. The van der Waals surface area contributed by atoms with Gasteiger partial charge in [0.2, 0.25) is 11.9 Å². The van der Waals surface area contributed by atoms with Crippen molar-refractivity contribution in [2.24, 2.45) is 0 Å². The minimum Gasteiger partial charge on any atom is -0.293 e. The maximum absolute atomic E-state index is 12.5. The normalized spacial score (nSPS) is 17.1. The molecule has 2 heterocycles. The van der Waals surface area contributed by atoms with Gasteiger partial charge in [-0.1, -0.05) is 18.2 Å². The van der Waals surface area contributed by atoms with Crippen molar-refractivity contribution in [2.75, 3.05) is 29.9 Å². The van der Waals surface area contributed by atoms with Gasteiger partial charge in [-0.05, 0) is 19.1 Å². The first kappa shape index (κ1) is 15.1. The molecule has 7 heteroatoms. The van der Waals surface area contributed by atoms with Crippen LogP contribution in [0.25, 0.3) is 5.69 Å². The van der Waals surface area contributed by atoms with Crippen LogP contribution < -0.4 is 5.32 Å². The molecule has 1 aromatic carbocycles. The number of anilines is 1. The van der Waals surface area contributed by atoms with Gasteiger partial charge in [-0.15, -0.1) is 10.2 Å². The molecule has 1 aliphatic rings. The smallest absolute Gasteiger partial charge is 0.243 e. The lowest BCUT2D eigenvalue weighted by Crippen LogP contribution is -2.46. The molecule has 0 aliphatic carbocycles. The second-order valence-corrected chi connectivity index (χ2v) is 6.40. The standard InChI is InChI=1S/C15H19N5OS/c1-12(19-7-9-22-10-8-19)14(21)17-15-18-16-11-20(15)13-5-3-2-4-6-13/h2-6,11-12H,7-10H2,1H3,(H,17,18,21)/t12-/m1/s1. The summed E-state index contributed by atoms with van der Waals surface area (Å²) in [6, 6.07) is 9.56. The van der Waals surface area contributed by atoms with Crippen molar-refractivity contribution in [3.05, 3.63) is 36.7 Å². The van der Waals surface area contributed by atoms with E-state index in [2.05, 4.69) is 20.4 Å². The molecule has 1 atom stereocenters. The van der Waals surface area contributed by atoms with Gasteiger partial charge < -0.3 is 0 Å². The summed E-state index contributed by atoms with van der Waals surface area (Å²) in [4.78, 5) is 14.7. The highest BCUT2D eigenvalue weighted by Gasteiger charge is 2.24. The van der Waals surface area contributed by atoms with E-state index in [0.29, 0.717) is 5.95 Å². The third kappa shape index (κ3) is 3.31. The fourth-order valence-corrected chi connectivity index (χ4v) is 3.37. The van der Waals surface area contributed by atoms with Crippen LogP contribution in [0.15, 0.2) is 36.7 Å². The number of rotatable bonds is 4. The van der Waals surface area contributed by atoms with Gasteiger partial charge in [0.15, 0.2) is 0 Å². The van der Waals surface area contributed by atoms with Crippen LogP contribution in [0.2, 0.25) is 0 Å². The highest BCUT2D eigenvalue weighted by Crippen LogP contribution is 2.15. The number of thioether (sulfide) groups is 1. The van der Waals surface area contributed by atoms with Gasteiger partial charge in [-0.3, -0.25) is 19.6 Å². The Bertz CT molecular complexity index is 624. The number of carbonyl (C=O) groups excluding carboxylic acids is 1. The number of hydrogen-bond acceptors (Lipinski definition) is 5. The molecule has 0 unspecified atom stereocenters. The summed E-state index contributed by atoms with van der Waals surface area (Å²) in [6.45, 7) is 3.84. The number of benzene rings is 1. The maximum Gasteiger partial charge on any atom is 0.243 e. The average Bonchev–Trinajstić information content (AvgIpc) is 3.04. The van der Waals surface area contributed by atoms with Crippen LogP contribution in [-0.2, 0) is 4.79 Å². The quantitative estimate of drug-likeness (QED) is 0.929. The molecule has 1 amide bonds. The van der Waals surface area contributed by atoms with Gasteiger partial charge in [-0.25, -0.2) is 0 Å². The molecule has 0 spiro atoms. The largest absolute Gasteiger partial charge is 0.293 e. The van der Waals surface area contributed by atoms with Crippen molar-refractivity contribution >= 4 is 23.6 Å². The van der Waals surface area contributed by atoms with Crippen LogP contribution in [0.5, 0.6) is 0 Å². The minimum atomic E-state index is -0.165. The Morgan fingerprint density at radius 1 is 1.27 bits per heavy atom. The molecule has 1 aromatic heterocycles. The summed E-state index contributed by atoms with van der Waals surface area (Å²) in [5.41, 5.74) is 0.921. The topological polar surface area (TPSA) is 63.1 Å². The van der Waals surface area contributed by atoms with Gasteiger partial charge >= 0.3 is 0 Å². The zero-order chi connectivity index (χ0) is 15.4. The predicted molar refractivity (Wildman–Crippen MR) is 88.3 cm³/mol. The summed E-state index contributed by atoms with van der Waals surface area (Å²) < 4.78 is 1.77. The lowest BCUT2D eigenvalue weighted by molar-refractivity contribution is -0.120. The molecule has 3 rings (SSSR count). The molecule has 2 aromatic rings. The number of nitrogens with zero attached hydrogens (tertiary/aromatic N) is 4. The number of hydrogen-bond donors (Lipinski definition) is 1. The number of carbonyl (C=O) groups is 1. The van der Waals surface area contributed by atoms with Crippen LogP contribution in [-0.4, -0.2) is 56.2 Å². The van der Waals surface area contributed by atoms with E-state index in [-0.39, 0.29) is 11.9 Å². The first-order valence-electron chi connectivity index (χ1n) is 7.34. The van der Waals surface area contributed by atoms with Gasteiger partial charge in [0.05, 0.1) is 11.7 Å². The molecule has 6 nitrogen and oxygen atoms in total. The summed E-state index contributed by atoms with van der Waals surface area (Å²) >= 11 is 1.93. The van der Waals surface area contributed by atoms with Gasteiger partial charge in [0, 0.05) is 24.6 Å². The Morgan fingerprint density at radius 2 is 2.00 bits per heavy atom. The molecule has 0 saturated carbocycles. The monoisotopic (exact) mass is 317 g/mol. The first-order chi connectivity index (χ1) is 10.8. The molecule has 0 radical (unpaired) electrons. The van der Waals surface area contributed by atoms with Crippen LogP contribution in [0, 0.1) is 0 Å². The Kier molecular flexibility index (Phi) is 4.74. The number of nitrogens with one attached hydrogen (secondary N) is 1. The van der Waals surface area contributed by atoms with Crippen molar-refractivity contribution in [1.82, 2.24) is 19.7 Å². The highest BCUT2D eigenvalue weighted by molar-refractivity contribution is 7.99. The highest BCUT2D eigenvalue weighted by atomic mass is 32.2. The molecule has 22 heavy (non-hydrogen) atoms. The second-order valence-electron chi connectivity index (χ2n) is 5.17. The van der Waals surface area contributed by atoms with Crippen LogP contribution >= 0.6 is 11.8 Å². The van der Waals surface area contributed by atoms with Crippen LogP contribution in [0.4, 0.5) is 5.95 Å². The molecular formula is C15H19N5OS. The van der Waals surface area contributed by atoms with E-state index in [1.54, 1.807) is 10.9 Å². The molecule has 1 N–H and O–H groups in total. The molecule has 0 bridgehead atoms. The lowest BCUT2D eigenvalue weighted by Gasteiger charge is -2.30. The molecule has 1 saturated heterocycles. The summed E-state index contributed by atoms with van der Waals surface area (Å²) in [5.74, 6) is 2.57. The van der Waals surface area contributed by atoms with E-state index >= 15 is 0 Å². The predicted octanol–water partition coefficient (Wildman–Crippen LogP) is 1.64. The van der Waals surface area contributed by atoms with E-state index in [1.165, 1.54) is 0 Å². The Labute approximate surface area is 133 Å². The third-order valence-electron chi connectivity index (χ3n) is 3.79. The summed E-state index contributed by atoms with van der Waals surface area (Å²) in [5, 5.41) is 10.8. The SMILES string of the molecule is C[C@H](C(=O)Nc1nncn1-c1ccccc1)N1CCSCC1. The van der Waals surface area contributed by atoms with Gasteiger partial charge in [0.1, 0.15) is 6.33 Å². The zero-order valence-corrected chi connectivity index (χ0v) is 13.3. The van der Waals surface area contributed by atoms with E-state index in [0.717, 1.165) is 30.3 Å². The van der Waals surface area contributed by atoms with Crippen molar-refractivity contribution in [3.8, 4) is 5.69 Å². The van der Waals surface area contributed by atoms with E-state index in [4.69, 9.17) is 0 Å². The molecule has 1 aliphatic heterocycles.